The second-order valence-corrected chi connectivity index (χ2v) is 10.9. The Morgan fingerprint density at radius 3 is 2.27 bits per heavy atom. The quantitative estimate of drug-likeness (QED) is 0.568. The van der Waals surface area contributed by atoms with Crippen LogP contribution in [0.1, 0.15) is 33.5 Å². The number of piperazine rings is 1. The van der Waals surface area contributed by atoms with Gasteiger partial charge in [-0.05, 0) is 74.8 Å². The van der Waals surface area contributed by atoms with Gasteiger partial charge in [-0.2, -0.15) is 0 Å². The molecule has 0 aromatic heterocycles. The highest BCUT2D eigenvalue weighted by Crippen LogP contribution is 2.23. The number of carbonyl (C=O) groups excluding carboxylic acids is 1. The van der Waals surface area contributed by atoms with Gasteiger partial charge in [0.15, 0.2) is 0 Å². The van der Waals surface area contributed by atoms with Crippen molar-refractivity contribution in [2.45, 2.75) is 26.8 Å². The molecule has 1 N–H and O–H groups in total. The average molecular weight is 473 g/mol. The predicted octanol–water partition coefficient (Wildman–Crippen LogP) is 2.64. The molecule has 2 aromatic rings. The average Bonchev–Trinajstić information content (AvgIpc) is 2.78. The maximum atomic E-state index is 12.5. The minimum absolute atomic E-state index is 0.103. The summed E-state index contributed by atoms with van der Waals surface area (Å²) < 4.78 is 26.3. The summed E-state index contributed by atoms with van der Waals surface area (Å²) in [6, 6.07) is 12.8. The number of aryl methyl sites for hydroxylation is 2. The minimum atomic E-state index is -3.45. The van der Waals surface area contributed by atoms with E-state index in [1.165, 1.54) is 10.6 Å². The molecule has 1 amide bonds. The number of benzene rings is 2. The molecule has 33 heavy (non-hydrogen) atoms. The van der Waals surface area contributed by atoms with Gasteiger partial charge < -0.3 is 15.1 Å². The monoisotopic (exact) mass is 472 g/mol. The number of carbonyl (C=O) groups is 1. The lowest BCUT2D eigenvalue weighted by atomic mass is 10.1. The highest BCUT2D eigenvalue weighted by Gasteiger charge is 2.19. The van der Waals surface area contributed by atoms with Gasteiger partial charge in [0.2, 0.25) is 10.0 Å². The first-order valence-electron chi connectivity index (χ1n) is 11.5. The summed E-state index contributed by atoms with van der Waals surface area (Å²) in [6.07, 6.45) is 2.14. The highest BCUT2D eigenvalue weighted by atomic mass is 32.2. The van der Waals surface area contributed by atoms with Crippen molar-refractivity contribution in [2.75, 3.05) is 56.9 Å². The molecule has 3 rings (SSSR count). The molecule has 1 aliphatic rings. The Bertz CT molecular complexity index is 1050. The smallest absolute Gasteiger partial charge is 0.251 e. The fraction of sp³-hybridized carbons (Fsp3) is 0.480. The Morgan fingerprint density at radius 2 is 1.67 bits per heavy atom. The molecule has 1 heterocycles. The van der Waals surface area contributed by atoms with Gasteiger partial charge in [0.05, 0.1) is 18.5 Å². The third-order valence-corrected chi connectivity index (χ3v) is 7.39. The maximum absolute atomic E-state index is 12.5. The van der Waals surface area contributed by atoms with Gasteiger partial charge >= 0.3 is 0 Å². The largest absolute Gasteiger partial charge is 0.352 e. The Morgan fingerprint density at radius 1 is 1.00 bits per heavy atom. The standard InChI is InChI=1S/C25H36N4O3S/c1-20-6-11-24(18-21(20)2)29(33(4,31)32)19-22-7-9-23(10-8-22)25(30)26-12-5-13-28-16-14-27(3)15-17-28/h6-11,18H,5,12-17,19H2,1-4H3,(H,26,30). The molecule has 180 valence electrons. The van der Waals surface area contributed by atoms with Crippen molar-refractivity contribution in [3.05, 3.63) is 64.7 Å². The molecular formula is C25H36N4O3S. The van der Waals surface area contributed by atoms with Crippen LogP contribution in [0.4, 0.5) is 5.69 Å². The van der Waals surface area contributed by atoms with E-state index in [0.717, 1.165) is 55.8 Å². The summed E-state index contributed by atoms with van der Waals surface area (Å²) in [7, 11) is -1.31. The summed E-state index contributed by atoms with van der Waals surface area (Å²) in [6.45, 7) is 10.2. The van der Waals surface area contributed by atoms with Crippen molar-refractivity contribution in [2.24, 2.45) is 0 Å². The van der Waals surface area contributed by atoms with E-state index in [2.05, 4.69) is 22.2 Å². The third-order valence-electron chi connectivity index (χ3n) is 6.25. The van der Waals surface area contributed by atoms with Gasteiger partial charge in [0, 0.05) is 38.3 Å². The second kappa shape index (κ2) is 11.1. The first kappa shape index (κ1) is 25.2. The van der Waals surface area contributed by atoms with E-state index >= 15 is 0 Å². The Hall–Kier alpha value is -2.42. The van der Waals surface area contributed by atoms with Crippen LogP contribution in [0.25, 0.3) is 0 Å². The van der Waals surface area contributed by atoms with E-state index in [1.807, 2.05) is 44.2 Å². The third kappa shape index (κ3) is 7.28. The first-order valence-corrected chi connectivity index (χ1v) is 13.3. The lowest BCUT2D eigenvalue weighted by molar-refractivity contribution is 0.0949. The highest BCUT2D eigenvalue weighted by molar-refractivity contribution is 7.92. The van der Waals surface area contributed by atoms with E-state index in [-0.39, 0.29) is 12.5 Å². The van der Waals surface area contributed by atoms with E-state index in [4.69, 9.17) is 0 Å². The number of nitrogens with one attached hydrogen (secondary N) is 1. The van der Waals surface area contributed by atoms with Crippen LogP contribution >= 0.6 is 0 Å². The molecule has 0 radical (unpaired) electrons. The zero-order valence-corrected chi connectivity index (χ0v) is 21.0. The van der Waals surface area contributed by atoms with E-state index < -0.39 is 10.0 Å². The molecule has 0 bridgehead atoms. The number of sulfonamides is 1. The van der Waals surface area contributed by atoms with E-state index in [0.29, 0.717) is 17.8 Å². The Kier molecular flexibility index (Phi) is 8.51. The summed E-state index contributed by atoms with van der Waals surface area (Å²) in [5.74, 6) is -0.103. The maximum Gasteiger partial charge on any atom is 0.251 e. The van der Waals surface area contributed by atoms with Gasteiger partial charge in [0.1, 0.15) is 0 Å². The van der Waals surface area contributed by atoms with Crippen LogP contribution in [0, 0.1) is 13.8 Å². The molecule has 1 fully saturated rings. The van der Waals surface area contributed by atoms with Crippen LogP contribution in [0.5, 0.6) is 0 Å². The summed E-state index contributed by atoms with van der Waals surface area (Å²) in [5, 5.41) is 2.99. The van der Waals surface area contributed by atoms with Crippen LogP contribution in [-0.2, 0) is 16.6 Å². The van der Waals surface area contributed by atoms with Gasteiger partial charge in [-0.25, -0.2) is 8.42 Å². The van der Waals surface area contributed by atoms with Crippen LogP contribution in [0.15, 0.2) is 42.5 Å². The van der Waals surface area contributed by atoms with Crippen molar-refractivity contribution < 1.29 is 13.2 Å². The molecule has 1 saturated heterocycles. The number of amides is 1. The van der Waals surface area contributed by atoms with Crippen LogP contribution in [0.3, 0.4) is 0 Å². The van der Waals surface area contributed by atoms with Crippen LogP contribution in [0.2, 0.25) is 0 Å². The molecule has 0 unspecified atom stereocenters. The van der Waals surface area contributed by atoms with E-state index in [1.54, 1.807) is 12.1 Å². The SMILES string of the molecule is Cc1ccc(N(Cc2ccc(C(=O)NCCCN3CCN(C)CC3)cc2)S(C)(=O)=O)cc1C. The summed E-state index contributed by atoms with van der Waals surface area (Å²) >= 11 is 0. The molecule has 8 heteroatoms. The van der Waals surface area contributed by atoms with Crippen molar-refractivity contribution in [3.8, 4) is 0 Å². The zero-order chi connectivity index (χ0) is 24.0. The number of rotatable bonds is 9. The molecule has 1 aliphatic heterocycles. The molecular weight excluding hydrogens is 436 g/mol. The molecule has 0 spiro atoms. The first-order chi connectivity index (χ1) is 15.6. The molecule has 0 saturated carbocycles. The zero-order valence-electron chi connectivity index (χ0n) is 20.2. The van der Waals surface area contributed by atoms with Gasteiger partial charge in [-0.3, -0.25) is 9.10 Å². The minimum Gasteiger partial charge on any atom is -0.352 e. The van der Waals surface area contributed by atoms with Crippen molar-refractivity contribution >= 4 is 21.6 Å². The van der Waals surface area contributed by atoms with Gasteiger partial charge in [0.25, 0.3) is 5.91 Å². The molecule has 0 atom stereocenters. The number of anilines is 1. The number of hydrogen-bond acceptors (Lipinski definition) is 5. The van der Waals surface area contributed by atoms with E-state index in [9.17, 15) is 13.2 Å². The van der Waals surface area contributed by atoms with Crippen LogP contribution < -0.4 is 9.62 Å². The van der Waals surface area contributed by atoms with Crippen molar-refractivity contribution in [1.29, 1.82) is 0 Å². The van der Waals surface area contributed by atoms with Crippen molar-refractivity contribution in [1.82, 2.24) is 15.1 Å². The molecule has 0 aliphatic carbocycles. The van der Waals surface area contributed by atoms with Gasteiger partial charge in [-0.1, -0.05) is 18.2 Å². The van der Waals surface area contributed by atoms with Crippen LogP contribution in [-0.4, -0.2) is 76.7 Å². The van der Waals surface area contributed by atoms with Gasteiger partial charge in [-0.15, -0.1) is 0 Å². The molecule has 2 aromatic carbocycles. The number of nitrogens with zero attached hydrogens (tertiary/aromatic N) is 3. The topological polar surface area (TPSA) is 73.0 Å². The summed E-state index contributed by atoms with van der Waals surface area (Å²) in [5.41, 5.74) is 4.20. The Labute approximate surface area is 198 Å². The Balaban J connectivity index is 1.54. The number of hydrogen-bond donors (Lipinski definition) is 1. The fourth-order valence-electron chi connectivity index (χ4n) is 3.89. The second-order valence-electron chi connectivity index (χ2n) is 8.99. The lowest BCUT2D eigenvalue weighted by Gasteiger charge is -2.32. The predicted molar refractivity (Wildman–Crippen MR) is 134 cm³/mol. The van der Waals surface area contributed by atoms with Crippen molar-refractivity contribution in [3.63, 3.8) is 0 Å². The normalized spacial score (nSPS) is 15.4. The summed E-state index contributed by atoms with van der Waals surface area (Å²) in [4.78, 5) is 17.3. The fourth-order valence-corrected chi connectivity index (χ4v) is 4.77. The number of likely N-dealkylation sites (N-methyl/N-ethyl adjacent to an activating group) is 1. The lowest BCUT2D eigenvalue weighted by Crippen LogP contribution is -2.45. The molecule has 7 nitrogen and oxygen atoms in total.